The van der Waals surface area contributed by atoms with E-state index in [0.29, 0.717) is 18.0 Å². The minimum absolute atomic E-state index is 0.0975. The van der Waals surface area contributed by atoms with E-state index in [1.165, 1.54) is 0 Å². The summed E-state index contributed by atoms with van der Waals surface area (Å²) in [5, 5.41) is 13.9. The molecule has 1 N–H and O–H groups in total. The summed E-state index contributed by atoms with van der Waals surface area (Å²) in [6, 6.07) is 9.60. The van der Waals surface area contributed by atoms with Crippen molar-refractivity contribution in [1.29, 1.82) is 0 Å². The average Bonchev–Trinajstić information content (AvgIpc) is 3.21. The first-order valence-corrected chi connectivity index (χ1v) is 8.65. The van der Waals surface area contributed by atoms with Crippen molar-refractivity contribution in [2.45, 2.75) is 24.7 Å². The molecule has 1 amide bonds. The number of aryl methyl sites for hydroxylation is 1. The van der Waals surface area contributed by atoms with Gasteiger partial charge in [0.2, 0.25) is 0 Å². The molecule has 6 heteroatoms. The van der Waals surface area contributed by atoms with Gasteiger partial charge >= 0.3 is 5.97 Å². The minimum atomic E-state index is -0.849. The highest BCUT2D eigenvalue weighted by atomic mass is 16.4. The van der Waals surface area contributed by atoms with Crippen LogP contribution in [0.5, 0.6) is 0 Å². The number of hydrogen-bond donors (Lipinski definition) is 1. The van der Waals surface area contributed by atoms with Gasteiger partial charge in [-0.1, -0.05) is 30.3 Å². The molecule has 1 saturated carbocycles. The smallest absolute Gasteiger partial charge is 0.308 e. The zero-order valence-electron chi connectivity index (χ0n) is 14.1. The molecule has 1 aromatic carbocycles. The second kappa shape index (κ2) is 6.02. The van der Waals surface area contributed by atoms with Gasteiger partial charge in [0.15, 0.2) is 0 Å². The van der Waals surface area contributed by atoms with Gasteiger partial charge in [-0.05, 0) is 18.4 Å². The highest BCUT2D eigenvalue weighted by molar-refractivity contribution is 5.96. The first kappa shape index (κ1) is 15.9. The number of carboxylic acid groups (broad SMARTS) is 1. The summed E-state index contributed by atoms with van der Waals surface area (Å²) in [6.45, 7) is 0.672. The molecule has 0 radical (unpaired) electrons. The van der Waals surface area contributed by atoms with Crippen LogP contribution in [0.2, 0.25) is 0 Å². The molecule has 6 nitrogen and oxygen atoms in total. The van der Waals surface area contributed by atoms with E-state index in [0.717, 1.165) is 24.1 Å². The van der Waals surface area contributed by atoms with Crippen molar-refractivity contribution in [2.75, 3.05) is 13.1 Å². The number of aliphatic carboxylic acids is 1. The summed E-state index contributed by atoms with van der Waals surface area (Å²) >= 11 is 0. The van der Waals surface area contributed by atoms with Gasteiger partial charge in [-0.3, -0.25) is 14.3 Å². The largest absolute Gasteiger partial charge is 0.481 e. The normalized spacial score (nSPS) is 23.0. The van der Waals surface area contributed by atoms with Gasteiger partial charge in [-0.15, -0.1) is 0 Å². The zero-order valence-corrected chi connectivity index (χ0v) is 14.1. The number of aromatic nitrogens is 2. The number of nitrogens with zero attached hydrogens (tertiary/aromatic N) is 3. The van der Waals surface area contributed by atoms with Crippen molar-refractivity contribution in [1.82, 2.24) is 14.7 Å². The van der Waals surface area contributed by atoms with E-state index < -0.39 is 11.9 Å². The summed E-state index contributed by atoms with van der Waals surface area (Å²) in [5.74, 6) is -1.29. The number of carboxylic acids is 1. The fraction of sp³-hybridized carbons (Fsp3) is 0.421. The third-order valence-corrected chi connectivity index (χ3v) is 5.33. The van der Waals surface area contributed by atoms with E-state index in [1.54, 1.807) is 15.8 Å². The van der Waals surface area contributed by atoms with Crippen molar-refractivity contribution in [2.24, 2.45) is 13.0 Å². The molecule has 1 aliphatic carbocycles. The van der Waals surface area contributed by atoms with Crippen molar-refractivity contribution in [3.8, 4) is 0 Å². The quantitative estimate of drug-likeness (QED) is 0.927. The summed E-state index contributed by atoms with van der Waals surface area (Å²) in [6.07, 6.45) is 3.80. The molecule has 2 aliphatic rings. The van der Waals surface area contributed by atoms with Gasteiger partial charge in [0.25, 0.3) is 5.91 Å². The van der Waals surface area contributed by atoms with Gasteiger partial charge in [0, 0.05) is 32.0 Å². The van der Waals surface area contributed by atoms with E-state index in [-0.39, 0.29) is 18.4 Å². The van der Waals surface area contributed by atoms with Crippen LogP contribution >= 0.6 is 0 Å². The van der Waals surface area contributed by atoms with Gasteiger partial charge in [0.1, 0.15) is 0 Å². The van der Waals surface area contributed by atoms with Crippen LogP contribution in [0.3, 0.4) is 0 Å². The monoisotopic (exact) mass is 339 g/mol. The van der Waals surface area contributed by atoms with E-state index in [4.69, 9.17) is 0 Å². The molecule has 4 rings (SSSR count). The van der Waals surface area contributed by atoms with Crippen molar-refractivity contribution in [3.05, 3.63) is 53.3 Å². The Morgan fingerprint density at radius 1 is 1.16 bits per heavy atom. The number of hydrogen-bond acceptors (Lipinski definition) is 3. The summed E-state index contributed by atoms with van der Waals surface area (Å²) < 4.78 is 1.78. The van der Waals surface area contributed by atoms with Crippen LogP contribution in [0.1, 0.15) is 46.3 Å². The zero-order chi connectivity index (χ0) is 17.6. The van der Waals surface area contributed by atoms with E-state index in [9.17, 15) is 14.7 Å². The topological polar surface area (TPSA) is 75.4 Å². The number of carbonyl (C=O) groups is 2. The maximum Gasteiger partial charge on any atom is 0.308 e. The molecule has 0 unspecified atom stereocenters. The van der Waals surface area contributed by atoms with E-state index >= 15 is 0 Å². The number of likely N-dealkylation sites (tertiary alicyclic amines) is 1. The lowest BCUT2D eigenvalue weighted by molar-refractivity contribution is -0.141. The fourth-order valence-electron chi connectivity index (χ4n) is 3.88. The molecule has 2 heterocycles. The van der Waals surface area contributed by atoms with Crippen molar-refractivity contribution in [3.63, 3.8) is 0 Å². The van der Waals surface area contributed by atoms with Gasteiger partial charge in [0.05, 0.1) is 23.4 Å². The van der Waals surface area contributed by atoms with Gasteiger partial charge in [-0.25, -0.2) is 0 Å². The molecule has 1 aliphatic heterocycles. The molecule has 2 aromatic rings. The minimum Gasteiger partial charge on any atom is -0.481 e. The Morgan fingerprint density at radius 3 is 2.52 bits per heavy atom. The van der Waals surface area contributed by atoms with Crippen LogP contribution in [0.4, 0.5) is 0 Å². The third kappa shape index (κ3) is 2.81. The Hall–Kier alpha value is -2.63. The van der Waals surface area contributed by atoms with Crippen LogP contribution in [0.15, 0.2) is 36.5 Å². The van der Waals surface area contributed by atoms with Crippen LogP contribution in [-0.4, -0.2) is 44.8 Å². The Balaban J connectivity index is 1.61. The van der Waals surface area contributed by atoms with Crippen LogP contribution in [-0.2, 0) is 11.8 Å². The molecule has 1 saturated heterocycles. The first-order valence-electron chi connectivity index (χ1n) is 8.65. The highest BCUT2D eigenvalue weighted by Crippen LogP contribution is 2.42. The molecule has 0 bridgehead atoms. The van der Waals surface area contributed by atoms with Crippen molar-refractivity contribution >= 4 is 11.9 Å². The standard InChI is InChI=1S/C19H21N3O3/c1-21-17(13-7-8-13)14(9-20-21)18(23)22-10-15(16(11-22)19(24)25)12-5-3-2-4-6-12/h2-6,9,13,15-16H,7-8,10-11H2,1H3,(H,24,25)/t15-,16-/m0/s1. The van der Waals surface area contributed by atoms with Crippen molar-refractivity contribution < 1.29 is 14.7 Å². The lowest BCUT2D eigenvalue weighted by atomic mass is 9.89. The molecular formula is C19H21N3O3. The first-order chi connectivity index (χ1) is 12.1. The molecule has 1 aromatic heterocycles. The Bertz CT molecular complexity index is 811. The lowest BCUT2D eigenvalue weighted by Gasteiger charge is -2.17. The molecule has 0 spiro atoms. The highest BCUT2D eigenvalue weighted by Gasteiger charge is 2.42. The summed E-state index contributed by atoms with van der Waals surface area (Å²) in [5.41, 5.74) is 2.58. The summed E-state index contributed by atoms with van der Waals surface area (Å²) in [4.78, 5) is 26.4. The molecule has 130 valence electrons. The van der Waals surface area contributed by atoms with E-state index in [1.807, 2.05) is 37.4 Å². The number of amides is 1. The van der Waals surface area contributed by atoms with Gasteiger partial charge < -0.3 is 10.0 Å². The maximum absolute atomic E-state index is 13.0. The average molecular weight is 339 g/mol. The number of rotatable bonds is 4. The third-order valence-electron chi connectivity index (χ3n) is 5.33. The lowest BCUT2D eigenvalue weighted by Crippen LogP contribution is -2.30. The Labute approximate surface area is 146 Å². The second-order valence-electron chi connectivity index (χ2n) is 7.01. The van der Waals surface area contributed by atoms with Crippen LogP contribution < -0.4 is 0 Å². The predicted octanol–water partition coefficient (Wildman–Crippen LogP) is 2.24. The Morgan fingerprint density at radius 2 is 1.88 bits per heavy atom. The fourth-order valence-corrected chi connectivity index (χ4v) is 3.88. The molecule has 25 heavy (non-hydrogen) atoms. The molecule has 2 fully saturated rings. The summed E-state index contributed by atoms with van der Waals surface area (Å²) in [7, 11) is 1.86. The number of carbonyl (C=O) groups excluding carboxylic acids is 1. The molecule has 2 atom stereocenters. The van der Waals surface area contributed by atoms with Crippen LogP contribution in [0, 0.1) is 5.92 Å². The number of benzene rings is 1. The van der Waals surface area contributed by atoms with Gasteiger partial charge in [-0.2, -0.15) is 5.10 Å². The SMILES string of the molecule is Cn1ncc(C(=O)N2C[C@H](C(=O)O)[C@H](c3ccccc3)C2)c1C1CC1. The molecular weight excluding hydrogens is 318 g/mol. The predicted molar refractivity (Wildman–Crippen MR) is 91.4 cm³/mol. The van der Waals surface area contributed by atoms with Crippen LogP contribution in [0.25, 0.3) is 0 Å². The Kier molecular flexibility index (Phi) is 3.82. The maximum atomic E-state index is 13.0. The second-order valence-corrected chi connectivity index (χ2v) is 7.01. The van der Waals surface area contributed by atoms with E-state index in [2.05, 4.69) is 5.10 Å².